The standard InChI is InChI=1S/C15H33N3/c1-7-18-10-8-9-13(18)11-17(6)12-14(16-5)15(2,3)4/h13-14,16H,7-12H2,1-6H3. The van der Waals surface area contributed by atoms with Crippen molar-refractivity contribution in [3.8, 4) is 0 Å². The molecule has 0 radical (unpaired) electrons. The molecular formula is C15H33N3. The van der Waals surface area contributed by atoms with E-state index in [1.807, 2.05) is 0 Å². The van der Waals surface area contributed by atoms with Gasteiger partial charge in [0.25, 0.3) is 0 Å². The molecule has 1 aliphatic rings. The predicted octanol–water partition coefficient (Wildman–Crippen LogP) is 2.04. The molecule has 0 bridgehead atoms. The Bertz CT molecular complexity index is 234. The van der Waals surface area contributed by atoms with E-state index in [9.17, 15) is 0 Å². The predicted molar refractivity (Wildman–Crippen MR) is 80.1 cm³/mol. The summed E-state index contributed by atoms with van der Waals surface area (Å²) in [4.78, 5) is 5.13. The Morgan fingerprint density at radius 3 is 2.56 bits per heavy atom. The van der Waals surface area contributed by atoms with Gasteiger partial charge in [-0.2, -0.15) is 0 Å². The number of hydrogen-bond donors (Lipinski definition) is 1. The van der Waals surface area contributed by atoms with Gasteiger partial charge in [-0.1, -0.05) is 27.7 Å². The zero-order valence-electron chi connectivity index (χ0n) is 13.3. The fraction of sp³-hybridized carbons (Fsp3) is 1.00. The molecule has 0 saturated carbocycles. The molecule has 108 valence electrons. The second-order valence-corrected chi connectivity index (χ2v) is 6.85. The normalized spacial score (nSPS) is 23.8. The monoisotopic (exact) mass is 255 g/mol. The SMILES string of the molecule is CCN1CCCC1CN(C)CC(NC)C(C)(C)C. The second kappa shape index (κ2) is 6.88. The van der Waals surface area contributed by atoms with E-state index in [1.54, 1.807) is 0 Å². The van der Waals surface area contributed by atoms with Gasteiger partial charge in [-0.3, -0.25) is 4.90 Å². The summed E-state index contributed by atoms with van der Waals surface area (Å²) in [5, 5.41) is 3.47. The average molecular weight is 255 g/mol. The van der Waals surface area contributed by atoms with Crippen molar-refractivity contribution in [2.45, 2.75) is 52.6 Å². The molecule has 2 atom stereocenters. The van der Waals surface area contributed by atoms with Crippen LogP contribution in [0.1, 0.15) is 40.5 Å². The first-order chi connectivity index (χ1) is 8.38. The molecule has 3 nitrogen and oxygen atoms in total. The van der Waals surface area contributed by atoms with E-state index in [0.717, 1.165) is 12.6 Å². The summed E-state index contributed by atoms with van der Waals surface area (Å²) in [6.07, 6.45) is 2.75. The van der Waals surface area contributed by atoms with Gasteiger partial charge < -0.3 is 10.2 Å². The van der Waals surface area contributed by atoms with Crippen LogP contribution in [0.15, 0.2) is 0 Å². The van der Waals surface area contributed by atoms with Gasteiger partial charge in [0, 0.05) is 25.2 Å². The number of likely N-dealkylation sites (tertiary alicyclic amines) is 1. The Labute approximate surface area is 114 Å². The molecule has 3 heteroatoms. The van der Waals surface area contributed by atoms with Gasteiger partial charge in [0.15, 0.2) is 0 Å². The summed E-state index contributed by atoms with van der Waals surface area (Å²) in [6.45, 7) is 14.1. The van der Waals surface area contributed by atoms with Crippen molar-refractivity contribution in [2.24, 2.45) is 5.41 Å². The van der Waals surface area contributed by atoms with E-state index in [-0.39, 0.29) is 0 Å². The van der Waals surface area contributed by atoms with Crippen LogP contribution in [0.5, 0.6) is 0 Å². The van der Waals surface area contributed by atoms with E-state index < -0.39 is 0 Å². The maximum atomic E-state index is 3.47. The molecular weight excluding hydrogens is 222 g/mol. The summed E-state index contributed by atoms with van der Waals surface area (Å²) in [5.41, 5.74) is 0.323. The van der Waals surface area contributed by atoms with Crippen LogP contribution >= 0.6 is 0 Å². The minimum atomic E-state index is 0.323. The Kier molecular flexibility index (Phi) is 6.09. The van der Waals surface area contributed by atoms with Gasteiger partial charge in [-0.25, -0.2) is 0 Å². The number of nitrogens with one attached hydrogen (secondary N) is 1. The third-order valence-electron chi connectivity index (χ3n) is 4.32. The van der Waals surface area contributed by atoms with Gasteiger partial charge in [0.1, 0.15) is 0 Å². The summed E-state index contributed by atoms with van der Waals surface area (Å²) >= 11 is 0. The number of likely N-dealkylation sites (N-methyl/N-ethyl adjacent to an activating group) is 3. The maximum Gasteiger partial charge on any atom is 0.0240 e. The van der Waals surface area contributed by atoms with Gasteiger partial charge >= 0.3 is 0 Å². The van der Waals surface area contributed by atoms with Crippen LogP contribution < -0.4 is 5.32 Å². The van der Waals surface area contributed by atoms with Crippen LogP contribution in [-0.2, 0) is 0 Å². The molecule has 0 amide bonds. The largest absolute Gasteiger partial charge is 0.315 e. The van der Waals surface area contributed by atoms with Crippen LogP contribution in [0.4, 0.5) is 0 Å². The number of nitrogens with zero attached hydrogens (tertiary/aromatic N) is 2. The third-order valence-corrected chi connectivity index (χ3v) is 4.32. The summed E-state index contributed by atoms with van der Waals surface area (Å²) in [5.74, 6) is 0. The molecule has 1 aliphatic heterocycles. The van der Waals surface area contributed by atoms with E-state index in [4.69, 9.17) is 0 Å². The van der Waals surface area contributed by atoms with Gasteiger partial charge in [0.05, 0.1) is 0 Å². The Balaban J connectivity index is 2.43. The van der Waals surface area contributed by atoms with Crippen molar-refractivity contribution in [2.75, 3.05) is 40.3 Å². The van der Waals surface area contributed by atoms with E-state index >= 15 is 0 Å². The zero-order valence-corrected chi connectivity index (χ0v) is 13.3. The first-order valence-electron chi connectivity index (χ1n) is 7.48. The zero-order chi connectivity index (χ0) is 13.8. The van der Waals surface area contributed by atoms with Crippen LogP contribution in [-0.4, -0.2) is 62.2 Å². The fourth-order valence-electron chi connectivity index (χ4n) is 3.06. The van der Waals surface area contributed by atoms with E-state index in [2.05, 4.69) is 56.9 Å². The topological polar surface area (TPSA) is 18.5 Å². The van der Waals surface area contributed by atoms with Crippen LogP contribution in [0.25, 0.3) is 0 Å². The molecule has 18 heavy (non-hydrogen) atoms. The Morgan fingerprint density at radius 1 is 1.39 bits per heavy atom. The number of rotatable bonds is 6. The van der Waals surface area contributed by atoms with E-state index in [0.29, 0.717) is 11.5 Å². The van der Waals surface area contributed by atoms with Crippen LogP contribution in [0.3, 0.4) is 0 Å². The van der Waals surface area contributed by atoms with Crippen molar-refractivity contribution >= 4 is 0 Å². The van der Waals surface area contributed by atoms with Crippen molar-refractivity contribution in [3.05, 3.63) is 0 Å². The maximum absolute atomic E-state index is 3.47. The molecule has 0 aliphatic carbocycles. The Hall–Kier alpha value is -0.120. The lowest BCUT2D eigenvalue weighted by atomic mass is 9.86. The smallest absolute Gasteiger partial charge is 0.0240 e. The minimum Gasteiger partial charge on any atom is -0.315 e. The fourth-order valence-corrected chi connectivity index (χ4v) is 3.06. The van der Waals surface area contributed by atoms with Crippen molar-refractivity contribution < 1.29 is 0 Å². The molecule has 1 rings (SSSR count). The highest BCUT2D eigenvalue weighted by Crippen LogP contribution is 2.21. The van der Waals surface area contributed by atoms with Gasteiger partial charge in [-0.05, 0) is 45.4 Å². The molecule has 0 aromatic rings. The highest BCUT2D eigenvalue weighted by Gasteiger charge is 2.27. The van der Waals surface area contributed by atoms with E-state index in [1.165, 1.54) is 32.5 Å². The highest BCUT2D eigenvalue weighted by molar-refractivity contribution is 4.85. The van der Waals surface area contributed by atoms with Crippen LogP contribution in [0, 0.1) is 5.41 Å². The first kappa shape index (κ1) is 15.9. The molecule has 1 N–H and O–H groups in total. The summed E-state index contributed by atoms with van der Waals surface area (Å²) in [6, 6.07) is 1.33. The lowest BCUT2D eigenvalue weighted by Crippen LogP contribution is -2.48. The molecule has 0 aromatic heterocycles. The summed E-state index contributed by atoms with van der Waals surface area (Å²) in [7, 11) is 4.35. The van der Waals surface area contributed by atoms with Crippen LogP contribution in [0.2, 0.25) is 0 Å². The second-order valence-electron chi connectivity index (χ2n) is 6.85. The minimum absolute atomic E-state index is 0.323. The summed E-state index contributed by atoms with van der Waals surface area (Å²) < 4.78 is 0. The van der Waals surface area contributed by atoms with Crippen molar-refractivity contribution in [3.63, 3.8) is 0 Å². The third kappa shape index (κ3) is 4.52. The van der Waals surface area contributed by atoms with Gasteiger partial charge in [-0.15, -0.1) is 0 Å². The molecule has 1 fully saturated rings. The lowest BCUT2D eigenvalue weighted by molar-refractivity contribution is 0.159. The molecule has 0 spiro atoms. The van der Waals surface area contributed by atoms with Gasteiger partial charge in [0.2, 0.25) is 0 Å². The average Bonchev–Trinajstić information content (AvgIpc) is 2.71. The quantitative estimate of drug-likeness (QED) is 0.783. The highest BCUT2D eigenvalue weighted by atomic mass is 15.2. The molecule has 1 heterocycles. The lowest BCUT2D eigenvalue weighted by Gasteiger charge is -2.35. The molecule has 2 unspecified atom stereocenters. The first-order valence-corrected chi connectivity index (χ1v) is 7.48. The molecule has 0 aromatic carbocycles. The Morgan fingerprint density at radius 2 is 2.06 bits per heavy atom. The molecule has 1 saturated heterocycles. The van der Waals surface area contributed by atoms with Crippen molar-refractivity contribution in [1.82, 2.24) is 15.1 Å². The number of hydrogen-bond acceptors (Lipinski definition) is 3. The van der Waals surface area contributed by atoms with Crippen molar-refractivity contribution in [1.29, 1.82) is 0 Å².